The summed E-state index contributed by atoms with van der Waals surface area (Å²) in [6, 6.07) is 14.9. The molecule has 82 heavy (non-hydrogen) atoms. The van der Waals surface area contributed by atoms with Crippen LogP contribution in [0.5, 0.6) is 0 Å². The predicted octanol–water partition coefficient (Wildman–Crippen LogP) is 5.99. The number of piperidine rings is 1. The number of hydrogen-bond acceptors (Lipinski definition) is 12. The van der Waals surface area contributed by atoms with E-state index in [0.29, 0.717) is 29.6 Å². The number of fused-ring (bicyclic) bond motifs is 2. The summed E-state index contributed by atoms with van der Waals surface area (Å²) in [4.78, 5) is 144. The van der Waals surface area contributed by atoms with E-state index in [4.69, 9.17) is 4.74 Å². The van der Waals surface area contributed by atoms with Crippen molar-refractivity contribution in [3.8, 4) is 11.8 Å². The van der Waals surface area contributed by atoms with Crippen LogP contribution in [0.4, 0.5) is 8.78 Å². The average molecular weight is 1170 g/mol. The van der Waals surface area contributed by atoms with Crippen LogP contribution in [0.1, 0.15) is 145 Å². The second-order valence-corrected chi connectivity index (χ2v) is 24.7. The second-order valence-electron chi connectivity index (χ2n) is 21.9. The molecule has 0 aliphatic carbocycles. The number of imide groups is 2. The minimum atomic E-state index is -5.87. The van der Waals surface area contributed by atoms with Crippen molar-refractivity contribution in [1.82, 2.24) is 35.6 Å². The van der Waals surface area contributed by atoms with Crippen LogP contribution in [0.15, 0.2) is 72.8 Å². The summed E-state index contributed by atoms with van der Waals surface area (Å²) in [5.74, 6) is 1.13. The number of piperazine rings is 1. The van der Waals surface area contributed by atoms with Crippen LogP contribution in [0.25, 0.3) is 10.1 Å². The number of rotatable bonds is 19. The van der Waals surface area contributed by atoms with Crippen molar-refractivity contribution in [2.75, 3.05) is 45.9 Å². The van der Waals surface area contributed by atoms with Gasteiger partial charge in [-0.1, -0.05) is 101 Å². The summed E-state index contributed by atoms with van der Waals surface area (Å²) >= 11 is 0.928. The molecular formula is C58H66F2N7O13PS. The highest BCUT2D eigenvalue weighted by Gasteiger charge is 2.51. The Hall–Kier alpha value is -7.22. The van der Waals surface area contributed by atoms with Gasteiger partial charge in [0.15, 0.2) is 0 Å². The Morgan fingerprint density at radius 3 is 2.26 bits per heavy atom. The number of carbonyl (C=O) groups excluding carboxylic acids is 9. The fraction of sp³-hybridized carbons (Fsp3) is 0.466. The van der Waals surface area contributed by atoms with Crippen molar-refractivity contribution in [2.45, 2.75) is 121 Å². The van der Waals surface area contributed by atoms with Crippen molar-refractivity contribution >= 4 is 82.2 Å². The summed E-state index contributed by atoms with van der Waals surface area (Å²) in [5.41, 5.74) is -4.55. The quantitative estimate of drug-likeness (QED) is 0.0238. The Bertz CT molecular complexity index is 3260. The highest BCUT2D eigenvalue weighted by atomic mass is 32.1. The topological polar surface area (TPSA) is 269 Å². The lowest BCUT2D eigenvalue weighted by molar-refractivity contribution is -0.158. The number of hydrogen-bond donors (Lipinski definition) is 5. The summed E-state index contributed by atoms with van der Waals surface area (Å²) in [5, 5.41) is 7.93. The van der Waals surface area contributed by atoms with E-state index in [-0.39, 0.29) is 73.6 Å². The minimum absolute atomic E-state index is 0.0126. The summed E-state index contributed by atoms with van der Waals surface area (Å²) < 4.78 is 47.2. The van der Waals surface area contributed by atoms with Crippen molar-refractivity contribution in [3.05, 3.63) is 105 Å². The Balaban J connectivity index is 0.806. The van der Waals surface area contributed by atoms with Gasteiger partial charge in [0.05, 0.1) is 35.7 Å². The molecule has 5 N–H and O–H groups in total. The third kappa shape index (κ3) is 14.2. The minimum Gasteiger partial charge on any atom is -0.370 e. The van der Waals surface area contributed by atoms with Gasteiger partial charge in [0.1, 0.15) is 30.7 Å². The number of amides is 9. The van der Waals surface area contributed by atoms with E-state index in [9.17, 15) is 66.3 Å². The predicted molar refractivity (Wildman–Crippen MR) is 297 cm³/mol. The number of halogens is 2. The van der Waals surface area contributed by atoms with Crippen LogP contribution in [-0.4, -0.2) is 147 Å². The molecule has 3 fully saturated rings. The maximum atomic E-state index is 14.9. The Kier molecular flexibility index (Phi) is 19.2. The van der Waals surface area contributed by atoms with Gasteiger partial charge in [-0.25, -0.2) is 0 Å². The number of carbonyl (C=O) groups is 9. The molecule has 5 heterocycles. The zero-order valence-electron chi connectivity index (χ0n) is 45.8. The molecule has 3 aromatic carbocycles. The molecule has 4 aliphatic rings. The molecule has 20 nitrogen and oxygen atoms in total. The summed E-state index contributed by atoms with van der Waals surface area (Å²) in [6.07, 6.45) is 6.06. The summed E-state index contributed by atoms with van der Waals surface area (Å²) in [6.45, 7) is 5.74. The van der Waals surface area contributed by atoms with Gasteiger partial charge in [0.2, 0.25) is 35.4 Å². The largest absolute Gasteiger partial charge is 0.399 e. The first-order chi connectivity index (χ1) is 38.9. The number of morpholine rings is 1. The van der Waals surface area contributed by atoms with Crippen molar-refractivity contribution < 1.29 is 71.0 Å². The number of benzene rings is 3. The zero-order chi connectivity index (χ0) is 59.1. The normalized spacial score (nSPS) is 19.1. The molecule has 436 valence electrons. The van der Waals surface area contributed by atoms with Crippen LogP contribution in [0.3, 0.4) is 0 Å². The molecule has 0 bridgehead atoms. The highest BCUT2D eigenvalue weighted by molar-refractivity contribution is 7.52. The molecular weight excluding hydrogens is 1100 g/mol. The molecule has 4 aliphatic heterocycles. The van der Waals surface area contributed by atoms with Gasteiger partial charge >= 0.3 is 13.3 Å². The van der Waals surface area contributed by atoms with E-state index in [1.165, 1.54) is 28.0 Å². The molecule has 3 saturated heterocycles. The maximum Gasteiger partial charge on any atom is 0.399 e. The first-order valence-electron chi connectivity index (χ1n) is 27.4. The van der Waals surface area contributed by atoms with Gasteiger partial charge in [0, 0.05) is 54.8 Å². The van der Waals surface area contributed by atoms with E-state index in [1.807, 2.05) is 30.3 Å². The van der Waals surface area contributed by atoms with E-state index in [1.54, 1.807) is 37.8 Å². The van der Waals surface area contributed by atoms with Crippen molar-refractivity contribution in [2.24, 2.45) is 5.41 Å². The van der Waals surface area contributed by atoms with Gasteiger partial charge in [-0.3, -0.25) is 57.9 Å². The van der Waals surface area contributed by atoms with Gasteiger partial charge in [-0.05, 0) is 72.0 Å². The van der Waals surface area contributed by atoms with Crippen LogP contribution in [0.2, 0.25) is 0 Å². The van der Waals surface area contributed by atoms with Gasteiger partial charge in [-0.2, -0.15) is 8.78 Å². The van der Waals surface area contributed by atoms with Gasteiger partial charge in [-0.15, -0.1) is 11.3 Å². The highest BCUT2D eigenvalue weighted by Crippen LogP contribution is 2.59. The van der Waals surface area contributed by atoms with Gasteiger partial charge in [0.25, 0.3) is 17.7 Å². The summed E-state index contributed by atoms with van der Waals surface area (Å²) in [7, 11) is -5.87. The number of unbranched alkanes of at least 4 members (excludes halogenated alkanes) is 7. The molecule has 4 atom stereocenters. The van der Waals surface area contributed by atoms with Crippen LogP contribution < -0.4 is 16.0 Å². The first-order valence-corrected chi connectivity index (χ1v) is 29.8. The van der Waals surface area contributed by atoms with Crippen LogP contribution in [0, 0.1) is 17.3 Å². The lowest BCUT2D eigenvalue weighted by Gasteiger charge is -2.45. The molecule has 4 aromatic rings. The molecule has 0 spiro atoms. The molecule has 0 radical (unpaired) electrons. The zero-order valence-corrected chi connectivity index (χ0v) is 47.5. The first kappa shape index (κ1) is 60.9. The second kappa shape index (κ2) is 25.9. The molecule has 9 amide bonds. The van der Waals surface area contributed by atoms with Crippen LogP contribution in [-0.2, 0) is 43.7 Å². The maximum absolute atomic E-state index is 14.9. The SMILES string of the molecule is CC(C)(C)[C@H](NC(=O)c1cc2cc(C(F)(F)P(=O)(O)O)ccc2s1)C(=O)N1CCN(C(=O)CC(=O)NCCCCCCCCCC#Cc2ccc3c(c2)C(=O)N(C2CCC(=O)NC2=O)C3=O)C[C@H]1C(=O)N1CCOC(c2ccccc2)C1. The lowest BCUT2D eigenvalue weighted by Crippen LogP contribution is -2.66. The Labute approximate surface area is 476 Å². The monoisotopic (exact) mass is 1170 g/mol. The third-order valence-corrected chi connectivity index (χ3v) is 17.1. The van der Waals surface area contributed by atoms with E-state index in [0.717, 1.165) is 72.5 Å². The van der Waals surface area contributed by atoms with Gasteiger partial charge < -0.3 is 39.9 Å². The number of ether oxygens (including phenoxy) is 1. The van der Waals surface area contributed by atoms with E-state index >= 15 is 0 Å². The molecule has 1 aromatic heterocycles. The van der Waals surface area contributed by atoms with E-state index < -0.39 is 108 Å². The smallest absolute Gasteiger partial charge is 0.370 e. The molecule has 24 heteroatoms. The van der Waals surface area contributed by atoms with Crippen molar-refractivity contribution in [1.29, 1.82) is 0 Å². The number of nitrogens with one attached hydrogen (secondary N) is 3. The average Bonchev–Trinajstić information content (AvgIpc) is 4.22. The fourth-order valence-corrected chi connectivity index (χ4v) is 11.8. The third-order valence-electron chi connectivity index (χ3n) is 15.0. The fourth-order valence-electron chi connectivity index (χ4n) is 10.4. The van der Waals surface area contributed by atoms with E-state index in [2.05, 4.69) is 27.8 Å². The number of alkyl halides is 2. The number of thiophene rings is 1. The molecule has 2 unspecified atom stereocenters. The molecule has 0 saturated carbocycles. The number of nitrogens with zero attached hydrogens (tertiary/aromatic N) is 4. The Morgan fingerprint density at radius 1 is 0.841 bits per heavy atom. The molecule has 8 rings (SSSR count). The lowest BCUT2D eigenvalue weighted by atomic mass is 9.85. The Morgan fingerprint density at radius 2 is 1.55 bits per heavy atom. The standard InChI is InChI=1S/C58H66F2N7O13PS/c1-57(2,3)50(63-52(72)46-32-38-31-39(20-23-45(38)82-46)58(59,60)81(77,78)79)56(76)66-27-26-64(34-43(66)55(75)65-28-29-80-44(35-65)37-17-13-11-14-18-37)49(70)33-48(69)61-25-15-10-8-6-4-5-7-9-12-16-36-19-21-40-41(30-36)54(74)67(53(40)73)42-22-24-47(68)62-51(42)71/h11,13-14,17-21,23,30-32,42-44,50H,4-10,15,22,24-29,33-35H2,1-3H3,(H,61,69)(H,63,72)(H,62,68,71)(H2,77,78,79)/t42?,43-,44?,50+/m0/s1. The van der Waals surface area contributed by atoms with Crippen molar-refractivity contribution in [3.63, 3.8) is 0 Å². The van der Waals surface area contributed by atoms with Crippen LogP contribution >= 0.6 is 18.9 Å².